The third-order valence-corrected chi connectivity index (χ3v) is 2.42. The van der Waals surface area contributed by atoms with Crippen LogP contribution in [-0.2, 0) is 0 Å². The largest absolute Gasteiger partial charge is 0.296 e. The summed E-state index contributed by atoms with van der Waals surface area (Å²) in [5.74, 6) is 0. The summed E-state index contributed by atoms with van der Waals surface area (Å²) in [5.41, 5.74) is 2.29. The first kappa shape index (κ1) is 9.15. The average molecular weight is 251 g/mol. The van der Waals surface area contributed by atoms with Crippen LogP contribution in [0.1, 0.15) is 10.5 Å². The molecule has 0 fully saturated rings. The number of aromatic amines is 1. The molecule has 1 heterocycles. The van der Waals surface area contributed by atoms with E-state index in [4.69, 9.17) is 0 Å². The topological polar surface area (TPSA) is 45.8 Å². The lowest BCUT2D eigenvalue weighted by atomic mass is 10.1. The monoisotopic (exact) mass is 250 g/mol. The minimum atomic E-state index is 0.503. The summed E-state index contributed by atoms with van der Waals surface area (Å²) >= 11 is 3.38. The number of aromatic nitrogens is 2. The van der Waals surface area contributed by atoms with Crippen molar-refractivity contribution in [2.75, 3.05) is 0 Å². The van der Waals surface area contributed by atoms with E-state index >= 15 is 0 Å². The zero-order valence-electron chi connectivity index (χ0n) is 7.20. The molecule has 0 aliphatic carbocycles. The molecule has 3 nitrogen and oxygen atoms in total. The maximum atomic E-state index is 10.7. The van der Waals surface area contributed by atoms with Gasteiger partial charge in [0.25, 0.3) is 0 Å². The highest BCUT2D eigenvalue weighted by Crippen LogP contribution is 2.23. The molecule has 0 atom stereocenters. The van der Waals surface area contributed by atoms with Gasteiger partial charge in [0.05, 0.1) is 6.20 Å². The van der Waals surface area contributed by atoms with Crippen molar-refractivity contribution in [3.63, 3.8) is 0 Å². The van der Waals surface area contributed by atoms with Gasteiger partial charge in [-0.1, -0.05) is 28.1 Å². The van der Waals surface area contributed by atoms with Gasteiger partial charge >= 0.3 is 0 Å². The first-order valence-electron chi connectivity index (χ1n) is 4.06. The van der Waals surface area contributed by atoms with Gasteiger partial charge in [-0.2, -0.15) is 5.10 Å². The number of hydrogen-bond donors (Lipinski definition) is 1. The molecule has 1 N–H and O–H groups in total. The van der Waals surface area contributed by atoms with Gasteiger partial charge in [-0.25, -0.2) is 0 Å². The Morgan fingerprint density at radius 2 is 2.29 bits per heavy atom. The zero-order chi connectivity index (χ0) is 9.97. The quantitative estimate of drug-likeness (QED) is 0.834. The van der Waals surface area contributed by atoms with Gasteiger partial charge in [-0.15, -0.1) is 0 Å². The number of rotatable bonds is 2. The van der Waals surface area contributed by atoms with Gasteiger partial charge in [-0.05, 0) is 17.7 Å². The highest BCUT2D eigenvalue weighted by molar-refractivity contribution is 9.10. The Labute approximate surface area is 89.3 Å². The number of nitrogens with zero attached hydrogens (tertiary/aromatic N) is 1. The van der Waals surface area contributed by atoms with E-state index in [1.165, 1.54) is 0 Å². The van der Waals surface area contributed by atoms with Crippen LogP contribution in [0.25, 0.3) is 11.1 Å². The van der Waals surface area contributed by atoms with Crippen molar-refractivity contribution in [3.8, 4) is 11.1 Å². The molecule has 0 unspecified atom stereocenters. The zero-order valence-corrected chi connectivity index (χ0v) is 8.78. The molecule has 14 heavy (non-hydrogen) atoms. The lowest BCUT2D eigenvalue weighted by Crippen LogP contribution is -1.84. The molecule has 0 bridgehead atoms. The highest BCUT2D eigenvalue weighted by atomic mass is 79.9. The summed E-state index contributed by atoms with van der Waals surface area (Å²) in [6.07, 6.45) is 2.41. The summed E-state index contributed by atoms with van der Waals surface area (Å²) in [6, 6.07) is 7.73. The van der Waals surface area contributed by atoms with Crippen LogP contribution in [0.2, 0.25) is 0 Å². The number of carbonyl (C=O) groups excluding carboxylic acids is 1. The van der Waals surface area contributed by atoms with Crippen LogP contribution in [0, 0.1) is 0 Å². The molecule has 0 saturated carbocycles. The first-order valence-corrected chi connectivity index (χ1v) is 4.85. The van der Waals surface area contributed by atoms with Crippen LogP contribution in [0.15, 0.2) is 34.9 Å². The van der Waals surface area contributed by atoms with Crippen LogP contribution < -0.4 is 0 Å². The summed E-state index contributed by atoms with van der Waals surface area (Å²) in [6.45, 7) is 0. The molecule has 4 heteroatoms. The molecular formula is C10H7BrN2O. The van der Waals surface area contributed by atoms with Crippen molar-refractivity contribution >= 4 is 22.2 Å². The highest BCUT2D eigenvalue weighted by Gasteiger charge is 2.06. The molecule has 0 aliphatic rings. The molecule has 0 saturated heterocycles. The standard InChI is InChI=1S/C10H7BrN2O/c11-8-3-1-2-7(4-8)9-5-12-13-10(9)6-14/h1-6H,(H,12,13). The lowest BCUT2D eigenvalue weighted by Gasteiger charge is -1.98. The van der Waals surface area contributed by atoms with Gasteiger partial charge in [0.2, 0.25) is 0 Å². The van der Waals surface area contributed by atoms with E-state index in [0.717, 1.165) is 21.9 Å². The summed E-state index contributed by atoms with van der Waals surface area (Å²) in [5, 5.41) is 6.47. The van der Waals surface area contributed by atoms with Crippen molar-refractivity contribution in [2.45, 2.75) is 0 Å². The number of carbonyl (C=O) groups is 1. The molecule has 0 amide bonds. The van der Waals surface area contributed by atoms with E-state index in [9.17, 15) is 4.79 Å². The van der Waals surface area contributed by atoms with E-state index in [0.29, 0.717) is 5.69 Å². The van der Waals surface area contributed by atoms with Crippen LogP contribution in [0.5, 0.6) is 0 Å². The third kappa shape index (κ3) is 1.61. The summed E-state index contributed by atoms with van der Waals surface area (Å²) in [7, 11) is 0. The Morgan fingerprint density at radius 1 is 1.43 bits per heavy atom. The van der Waals surface area contributed by atoms with E-state index in [1.807, 2.05) is 24.3 Å². The van der Waals surface area contributed by atoms with Crippen molar-refractivity contribution < 1.29 is 4.79 Å². The number of benzene rings is 1. The predicted molar refractivity (Wildman–Crippen MR) is 57.1 cm³/mol. The second-order valence-electron chi connectivity index (χ2n) is 2.83. The number of hydrogen-bond acceptors (Lipinski definition) is 2. The Bertz CT molecular complexity index is 465. The predicted octanol–water partition coefficient (Wildman–Crippen LogP) is 2.65. The first-order chi connectivity index (χ1) is 6.81. The fraction of sp³-hybridized carbons (Fsp3) is 0. The number of aldehydes is 1. The fourth-order valence-electron chi connectivity index (χ4n) is 1.27. The number of halogens is 1. The van der Waals surface area contributed by atoms with Gasteiger partial charge in [-0.3, -0.25) is 9.89 Å². The number of H-pyrrole nitrogens is 1. The van der Waals surface area contributed by atoms with Crippen molar-refractivity contribution in [1.82, 2.24) is 10.2 Å². The van der Waals surface area contributed by atoms with Crippen LogP contribution >= 0.6 is 15.9 Å². The summed E-state index contributed by atoms with van der Waals surface area (Å²) < 4.78 is 0.980. The SMILES string of the molecule is O=Cc1[nH]ncc1-c1cccc(Br)c1. The number of nitrogens with one attached hydrogen (secondary N) is 1. The lowest BCUT2D eigenvalue weighted by molar-refractivity contribution is 0.111. The molecule has 2 rings (SSSR count). The molecule has 1 aromatic carbocycles. The van der Waals surface area contributed by atoms with Crippen molar-refractivity contribution in [1.29, 1.82) is 0 Å². The van der Waals surface area contributed by atoms with Gasteiger partial charge in [0, 0.05) is 10.0 Å². The molecule has 0 radical (unpaired) electrons. The van der Waals surface area contributed by atoms with Gasteiger partial charge < -0.3 is 0 Å². The van der Waals surface area contributed by atoms with Gasteiger partial charge in [0.1, 0.15) is 5.69 Å². The maximum Gasteiger partial charge on any atom is 0.168 e. The second kappa shape index (κ2) is 3.75. The molecule has 0 aliphatic heterocycles. The smallest absolute Gasteiger partial charge is 0.168 e. The minimum Gasteiger partial charge on any atom is -0.296 e. The molecule has 70 valence electrons. The van der Waals surface area contributed by atoms with Crippen LogP contribution in [-0.4, -0.2) is 16.5 Å². The van der Waals surface area contributed by atoms with E-state index < -0.39 is 0 Å². The van der Waals surface area contributed by atoms with E-state index in [-0.39, 0.29) is 0 Å². The Kier molecular flexibility index (Phi) is 2.45. The molecule has 2 aromatic rings. The van der Waals surface area contributed by atoms with E-state index in [2.05, 4.69) is 26.1 Å². The van der Waals surface area contributed by atoms with Crippen molar-refractivity contribution in [2.24, 2.45) is 0 Å². The maximum absolute atomic E-state index is 10.7. The normalized spacial score (nSPS) is 10.1. The average Bonchev–Trinajstić information content (AvgIpc) is 2.65. The Hall–Kier alpha value is -1.42. The fourth-order valence-corrected chi connectivity index (χ4v) is 1.67. The molecule has 1 aromatic heterocycles. The van der Waals surface area contributed by atoms with E-state index in [1.54, 1.807) is 6.20 Å². The molecule has 0 spiro atoms. The van der Waals surface area contributed by atoms with Crippen LogP contribution in [0.4, 0.5) is 0 Å². The molecular weight excluding hydrogens is 244 g/mol. The summed E-state index contributed by atoms with van der Waals surface area (Å²) in [4.78, 5) is 10.7. The Balaban J connectivity index is 2.54. The Morgan fingerprint density at radius 3 is 3.00 bits per heavy atom. The second-order valence-corrected chi connectivity index (χ2v) is 3.74. The van der Waals surface area contributed by atoms with Gasteiger partial charge in [0.15, 0.2) is 6.29 Å². The van der Waals surface area contributed by atoms with Crippen LogP contribution in [0.3, 0.4) is 0 Å². The van der Waals surface area contributed by atoms with Crippen molar-refractivity contribution in [3.05, 3.63) is 40.6 Å². The third-order valence-electron chi connectivity index (χ3n) is 1.92. The minimum absolute atomic E-state index is 0.503.